The van der Waals surface area contributed by atoms with Crippen molar-refractivity contribution in [2.45, 2.75) is 25.1 Å². The number of anilines is 2. The number of aromatic nitrogens is 1. The van der Waals surface area contributed by atoms with Crippen molar-refractivity contribution in [3.05, 3.63) is 17.7 Å². The molecule has 4 nitrogen and oxygen atoms in total. The van der Waals surface area contributed by atoms with Crippen molar-refractivity contribution in [3.63, 3.8) is 0 Å². The minimum Gasteiger partial charge on any atom is -0.393 e. The maximum Gasteiger partial charge on any atom is 0.416 e. The van der Waals surface area contributed by atoms with E-state index < -0.39 is 11.7 Å². The fourth-order valence-corrected chi connectivity index (χ4v) is 3.29. The molecule has 0 radical (unpaired) electrons. The third-order valence-electron chi connectivity index (χ3n) is 4.30. The monoisotopic (exact) mass is 287 g/mol. The van der Waals surface area contributed by atoms with Crippen LogP contribution in [0.5, 0.6) is 0 Å². The second-order valence-electron chi connectivity index (χ2n) is 5.61. The number of nitrogen functional groups attached to an aromatic ring is 1. The first kappa shape index (κ1) is 13.5. The number of halogens is 3. The average Bonchev–Trinajstić information content (AvgIpc) is 2.90. The molecule has 1 saturated carbocycles. The van der Waals surface area contributed by atoms with Gasteiger partial charge in [0, 0.05) is 19.0 Å². The summed E-state index contributed by atoms with van der Waals surface area (Å²) < 4.78 is 38.4. The molecule has 20 heavy (non-hydrogen) atoms. The van der Waals surface area contributed by atoms with Gasteiger partial charge in [-0.15, -0.1) is 0 Å². The largest absolute Gasteiger partial charge is 0.416 e. The van der Waals surface area contributed by atoms with Crippen molar-refractivity contribution in [1.29, 1.82) is 0 Å². The van der Waals surface area contributed by atoms with Gasteiger partial charge >= 0.3 is 6.18 Å². The van der Waals surface area contributed by atoms with E-state index in [1.807, 2.05) is 0 Å². The van der Waals surface area contributed by atoms with Gasteiger partial charge in [0.1, 0.15) is 11.6 Å². The van der Waals surface area contributed by atoms with E-state index in [1.54, 1.807) is 4.90 Å². The molecule has 3 rings (SSSR count). The molecule has 110 valence electrons. The Labute approximate surface area is 114 Å². The third kappa shape index (κ3) is 2.30. The lowest BCUT2D eigenvalue weighted by Gasteiger charge is -2.21. The Hall–Kier alpha value is -1.50. The van der Waals surface area contributed by atoms with Crippen molar-refractivity contribution in [1.82, 2.24) is 4.98 Å². The van der Waals surface area contributed by atoms with Gasteiger partial charge in [0.2, 0.25) is 0 Å². The Morgan fingerprint density at radius 1 is 1.25 bits per heavy atom. The first-order valence-electron chi connectivity index (χ1n) is 6.62. The van der Waals surface area contributed by atoms with Gasteiger partial charge in [0.25, 0.3) is 0 Å². The Morgan fingerprint density at radius 2 is 2.00 bits per heavy atom. The highest BCUT2D eigenvalue weighted by Crippen LogP contribution is 2.40. The number of fused-ring (bicyclic) bond motifs is 1. The molecule has 1 aromatic heterocycles. The van der Waals surface area contributed by atoms with Crippen LogP contribution in [0.4, 0.5) is 24.8 Å². The summed E-state index contributed by atoms with van der Waals surface area (Å²) in [5, 5.41) is 9.85. The number of nitrogens with zero attached hydrogens (tertiary/aromatic N) is 2. The van der Waals surface area contributed by atoms with Gasteiger partial charge in [-0.05, 0) is 30.9 Å². The number of alkyl halides is 3. The summed E-state index contributed by atoms with van der Waals surface area (Å²) >= 11 is 0. The lowest BCUT2D eigenvalue weighted by atomic mass is 10.00. The zero-order chi connectivity index (χ0) is 14.5. The first-order chi connectivity index (χ1) is 9.34. The topological polar surface area (TPSA) is 62.4 Å². The van der Waals surface area contributed by atoms with E-state index in [9.17, 15) is 18.3 Å². The van der Waals surface area contributed by atoms with Crippen LogP contribution in [-0.2, 0) is 6.18 Å². The van der Waals surface area contributed by atoms with Gasteiger partial charge in [-0.25, -0.2) is 4.98 Å². The Kier molecular flexibility index (Phi) is 3.04. The minimum atomic E-state index is -4.43. The number of pyridine rings is 1. The minimum absolute atomic E-state index is 0.132. The summed E-state index contributed by atoms with van der Waals surface area (Å²) in [5.41, 5.74) is 4.70. The molecule has 1 aliphatic heterocycles. The van der Waals surface area contributed by atoms with Crippen LogP contribution in [0.25, 0.3) is 0 Å². The SMILES string of the molecule is Nc1cc(C(F)(F)F)cc(N2CC3CCC(O)C3C2)n1. The van der Waals surface area contributed by atoms with E-state index in [-0.39, 0.29) is 23.7 Å². The van der Waals surface area contributed by atoms with Crippen LogP contribution >= 0.6 is 0 Å². The zero-order valence-corrected chi connectivity index (χ0v) is 10.8. The fourth-order valence-electron chi connectivity index (χ4n) is 3.29. The molecule has 3 atom stereocenters. The van der Waals surface area contributed by atoms with Crippen molar-refractivity contribution in [2.24, 2.45) is 11.8 Å². The average molecular weight is 287 g/mol. The Balaban J connectivity index is 1.86. The number of nitrogens with two attached hydrogens (primary N) is 1. The van der Waals surface area contributed by atoms with Crippen molar-refractivity contribution in [3.8, 4) is 0 Å². The molecule has 1 aliphatic carbocycles. The molecule has 1 aromatic rings. The molecule has 3 N–H and O–H groups in total. The van der Waals surface area contributed by atoms with Gasteiger partial charge < -0.3 is 15.7 Å². The van der Waals surface area contributed by atoms with Crippen LogP contribution < -0.4 is 10.6 Å². The molecule has 7 heteroatoms. The quantitative estimate of drug-likeness (QED) is 0.828. The van der Waals surface area contributed by atoms with Crippen LogP contribution in [0.3, 0.4) is 0 Å². The first-order valence-corrected chi connectivity index (χ1v) is 6.62. The molecule has 0 amide bonds. The highest BCUT2D eigenvalue weighted by Gasteiger charge is 2.42. The number of aliphatic hydroxyl groups is 1. The van der Waals surface area contributed by atoms with Crippen LogP contribution in [0.2, 0.25) is 0 Å². The normalized spacial score (nSPS) is 29.8. The maximum atomic E-state index is 12.8. The van der Waals surface area contributed by atoms with Crippen molar-refractivity contribution in [2.75, 3.05) is 23.7 Å². The summed E-state index contributed by atoms with van der Waals surface area (Å²) in [6.45, 7) is 1.18. The summed E-state index contributed by atoms with van der Waals surface area (Å²) in [5.74, 6) is 0.585. The van der Waals surface area contributed by atoms with Crippen LogP contribution in [-0.4, -0.2) is 29.3 Å². The van der Waals surface area contributed by atoms with E-state index in [0.29, 0.717) is 19.0 Å². The molecular weight excluding hydrogens is 271 g/mol. The molecular formula is C13H16F3N3O. The molecule has 2 heterocycles. The molecule has 1 saturated heterocycles. The fraction of sp³-hybridized carbons (Fsp3) is 0.615. The third-order valence-corrected chi connectivity index (χ3v) is 4.30. The van der Waals surface area contributed by atoms with Crippen molar-refractivity contribution < 1.29 is 18.3 Å². The predicted molar refractivity (Wildman–Crippen MR) is 68.1 cm³/mol. The Morgan fingerprint density at radius 3 is 2.65 bits per heavy atom. The van der Waals surface area contributed by atoms with Gasteiger partial charge in [0.05, 0.1) is 11.7 Å². The molecule has 0 bridgehead atoms. The van der Waals surface area contributed by atoms with E-state index in [2.05, 4.69) is 4.98 Å². The molecule has 0 aromatic carbocycles. The molecule has 3 unspecified atom stereocenters. The smallest absolute Gasteiger partial charge is 0.393 e. The van der Waals surface area contributed by atoms with E-state index in [1.165, 1.54) is 0 Å². The lowest BCUT2D eigenvalue weighted by Crippen LogP contribution is -2.25. The molecule has 0 spiro atoms. The maximum absolute atomic E-state index is 12.8. The summed E-state index contributed by atoms with van der Waals surface area (Å²) in [6.07, 6.45) is -3.09. The number of aliphatic hydroxyl groups excluding tert-OH is 1. The summed E-state index contributed by atoms with van der Waals surface area (Å²) in [6, 6.07) is 1.87. The van der Waals surface area contributed by atoms with E-state index in [4.69, 9.17) is 5.73 Å². The van der Waals surface area contributed by atoms with Crippen LogP contribution in [0, 0.1) is 11.8 Å². The highest BCUT2D eigenvalue weighted by molar-refractivity contribution is 5.50. The van der Waals surface area contributed by atoms with Gasteiger partial charge in [-0.2, -0.15) is 13.2 Å². The highest BCUT2D eigenvalue weighted by atomic mass is 19.4. The van der Waals surface area contributed by atoms with Crippen molar-refractivity contribution >= 4 is 11.6 Å². The van der Waals surface area contributed by atoms with Gasteiger partial charge in [-0.1, -0.05) is 0 Å². The number of hydrogen-bond acceptors (Lipinski definition) is 4. The summed E-state index contributed by atoms with van der Waals surface area (Å²) in [7, 11) is 0. The van der Waals surface area contributed by atoms with E-state index >= 15 is 0 Å². The number of hydrogen-bond donors (Lipinski definition) is 2. The number of rotatable bonds is 1. The van der Waals surface area contributed by atoms with E-state index in [0.717, 1.165) is 25.0 Å². The van der Waals surface area contributed by atoms with Crippen LogP contribution in [0.15, 0.2) is 12.1 Å². The predicted octanol–water partition coefficient (Wildman–Crippen LogP) is 1.89. The zero-order valence-electron chi connectivity index (χ0n) is 10.8. The summed E-state index contributed by atoms with van der Waals surface area (Å²) in [4.78, 5) is 5.80. The second kappa shape index (κ2) is 4.51. The Bertz CT molecular complexity index is 520. The lowest BCUT2D eigenvalue weighted by molar-refractivity contribution is -0.137. The van der Waals surface area contributed by atoms with Gasteiger partial charge in [-0.3, -0.25) is 0 Å². The van der Waals surface area contributed by atoms with Crippen LogP contribution in [0.1, 0.15) is 18.4 Å². The van der Waals surface area contributed by atoms with Gasteiger partial charge in [0.15, 0.2) is 0 Å². The molecule has 2 fully saturated rings. The standard InChI is InChI=1S/C13H16F3N3O/c14-13(15,16)8-3-11(17)18-12(4-8)19-5-7-1-2-10(20)9(7)6-19/h3-4,7,9-10,20H,1-2,5-6H2,(H2,17,18). The second-order valence-corrected chi connectivity index (χ2v) is 5.61. The molecule has 2 aliphatic rings.